The number of piperazine rings is 1. The van der Waals surface area contributed by atoms with Gasteiger partial charge in [-0.05, 0) is 42.0 Å². The molecule has 7 heteroatoms. The first-order chi connectivity index (χ1) is 15.7. The summed E-state index contributed by atoms with van der Waals surface area (Å²) in [6.45, 7) is 3.24. The van der Waals surface area contributed by atoms with E-state index in [1.807, 2.05) is 48.5 Å². The monoisotopic (exact) mass is 448 g/mol. The maximum atomic E-state index is 13.8. The molecule has 0 bridgehead atoms. The van der Waals surface area contributed by atoms with Crippen molar-refractivity contribution >= 4 is 17.3 Å². The van der Waals surface area contributed by atoms with Crippen molar-refractivity contribution in [3.8, 4) is 11.5 Å². The Morgan fingerprint density at radius 1 is 0.844 bits per heavy atom. The lowest BCUT2D eigenvalue weighted by molar-refractivity contribution is 0.188. The van der Waals surface area contributed by atoms with Crippen molar-refractivity contribution in [2.24, 2.45) is 0 Å². The van der Waals surface area contributed by atoms with Gasteiger partial charge in [0, 0.05) is 42.5 Å². The van der Waals surface area contributed by atoms with E-state index in [2.05, 4.69) is 32.1 Å². The summed E-state index contributed by atoms with van der Waals surface area (Å²) in [5, 5.41) is 8.97. The van der Waals surface area contributed by atoms with E-state index in [0.717, 1.165) is 37.3 Å². The number of para-hydroxylation sites is 1. The van der Waals surface area contributed by atoms with Gasteiger partial charge in [-0.1, -0.05) is 54.1 Å². The molecule has 5 nitrogen and oxygen atoms in total. The number of benzene rings is 3. The molecule has 1 aliphatic rings. The maximum Gasteiger partial charge on any atom is 0.247 e. The fraction of sp³-hybridized carbons (Fsp3) is 0.200. The minimum absolute atomic E-state index is 0.347. The van der Waals surface area contributed by atoms with Crippen LogP contribution in [0.1, 0.15) is 17.5 Å². The van der Waals surface area contributed by atoms with E-state index < -0.39 is 0 Å². The molecule has 1 aliphatic heterocycles. The van der Waals surface area contributed by atoms with Gasteiger partial charge in [0.2, 0.25) is 11.8 Å². The maximum absolute atomic E-state index is 13.8. The van der Waals surface area contributed by atoms with Crippen LogP contribution in [0.25, 0.3) is 11.5 Å². The molecule has 5 rings (SSSR count). The van der Waals surface area contributed by atoms with Crippen molar-refractivity contribution in [3.05, 3.63) is 101 Å². The lowest BCUT2D eigenvalue weighted by Gasteiger charge is -2.39. The summed E-state index contributed by atoms with van der Waals surface area (Å²) in [6, 6.07) is 24.1. The Bertz CT molecular complexity index is 1180. The molecular weight excluding hydrogens is 427 g/mol. The Balaban J connectivity index is 1.45. The number of aromatic nitrogens is 2. The quantitative estimate of drug-likeness (QED) is 0.406. The van der Waals surface area contributed by atoms with Gasteiger partial charge < -0.3 is 9.32 Å². The first-order valence-electron chi connectivity index (χ1n) is 10.6. The van der Waals surface area contributed by atoms with Gasteiger partial charge in [0.05, 0.1) is 0 Å². The Morgan fingerprint density at radius 3 is 2.22 bits per heavy atom. The Morgan fingerprint density at radius 2 is 1.53 bits per heavy atom. The van der Waals surface area contributed by atoms with Gasteiger partial charge in [0.25, 0.3) is 0 Å². The van der Waals surface area contributed by atoms with Gasteiger partial charge in [-0.2, -0.15) is 0 Å². The van der Waals surface area contributed by atoms with Crippen molar-refractivity contribution in [1.29, 1.82) is 0 Å². The van der Waals surface area contributed by atoms with Crippen molar-refractivity contribution in [2.75, 3.05) is 31.1 Å². The van der Waals surface area contributed by atoms with Crippen LogP contribution in [0.15, 0.2) is 83.3 Å². The largest absolute Gasteiger partial charge is 0.419 e. The van der Waals surface area contributed by atoms with Gasteiger partial charge in [0.15, 0.2) is 0 Å². The van der Waals surface area contributed by atoms with E-state index >= 15 is 0 Å². The van der Waals surface area contributed by atoms with Crippen LogP contribution in [0.4, 0.5) is 10.1 Å². The predicted octanol–water partition coefficient (Wildman–Crippen LogP) is 5.44. The summed E-state index contributed by atoms with van der Waals surface area (Å²) < 4.78 is 19.9. The molecule has 1 saturated heterocycles. The third-order valence-electron chi connectivity index (χ3n) is 5.75. The number of rotatable bonds is 5. The first kappa shape index (κ1) is 20.7. The highest BCUT2D eigenvalue weighted by molar-refractivity contribution is 6.31. The molecule has 0 N–H and O–H groups in total. The second kappa shape index (κ2) is 9.10. The molecule has 2 heterocycles. The zero-order valence-corrected chi connectivity index (χ0v) is 18.1. The molecule has 3 aromatic carbocycles. The van der Waals surface area contributed by atoms with Crippen LogP contribution in [-0.2, 0) is 0 Å². The lowest BCUT2D eigenvalue weighted by atomic mass is 10.0. The molecule has 0 amide bonds. The fourth-order valence-corrected chi connectivity index (χ4v) is 4.40. The molecular formula is C25H22ClFN4O. The van der Waals surface area contributed by atoms with Crippen LogP contribution in [-0.4, -0.2) is 41.3 Å². The fourth-order valence-electron chi connectivity index (χ4n) is 4.13. The summed E-state index contributed by atoms with van der Waals surface area (Å²) in [7, 11) is 0. The van der Waals surface area contributed by atoms with Crippen LogP contribution in [0.2, 0.25) is 5.02 Å². The SMILES string of the molecule is Fc1ccc(C(c2nnc(-c3ccccc3)o2)N2CCN(c3ccccc3)CC2)c(Cl)c1. The lowest BCUT2D eigenvalue weighted by Crippen LogP contribution is -2.48. The number of anilines is 1. The van der Waals surface area contributed by atoms with Crippen molar-refractivity contribution in [2.45, 2.75) is 6.04 Å². The van der Waals surface area contributed by atoms with Gasteiger partial charge in [-0.3, -0.25) is 4.90 Å². The molecule has 0 aliphatic carbocycles. The molecule has 0 radical (unpaired) electrons. The van der Waals surface area contributed by atoms with E-state index in [9.17, 15) is 4.39 Å². The van der Waals surface area contributed by atoms with E-state index in [0.29, 0.717) is 16.8 Å². The molecule has 1 unspecified atom stereocenters. The summed E-state index contributed by atoms with van der Waals surface area (Å²) >= 11 is 6.47. The third kappa shape index (κ3) is 4.24. The number of hydrogen-bond donors (Lipinski definition) is 0. The molecule has 1 aromatic heterocycles. The smallest absolute Gasteiger partial charge is 0.247 e. The van der Waals surface area contributed by atoms with E-state index in [1.54, 1.807) is 6.07 Å². The Hall–Kier alpha value is -3.22. The predicted molar refractivity (Wildman–Crippen MR) is 123 cm³/mol. The van der Waals surface area contributed by atoms with Crippen LogP contribution in [0.3, 0.4) is 0 Å². The van der Waals surface area contributed by atoms with E-state index in [-0.39, 0.29) is 11.9 Å². The van der Waals surface area contributed by atoms with Gasteiger partial charge >= 0.3 is 0 Å². The zero-order valence-electron chi connectivity index (χ0n) is 17.4. The molecule has 0 saturated carbocycles. The summed E-state index contributed by atoms with van der Waals surface area (Å²) in [5.41, 5.74) is 2.81. The van der Waals surface area contributed by atoms with Crippen molar-refractivity contribution in [1.82, 2.24) is 15.1 Å². The zero-order chi connectivity index (χ0) is 21.9. The highest BCUT2D eigenvalue weighted by atomic mass is 35.5. The molecule has 32 heavy (non-hydrogen) atoms. The second-order valence-corrected chi connectivity index (χ2v) is 8.15. The topological polar surface area (TPSA) is 45.4 Å². The number of nitrogens with zero attached hydrogens (tertiary/aromatic N) is 4. The molecule has 0 spiro atoms. The van der Waals surface area contributed by atoms with E-state index in [4.69, 9.17) is 16.0 Å². The van der Waals surface area contributed by atoms with Crippen LogP contribution in [0, 0.1) is 5.82 Å². The second-order valence-electron chi connectivity index (χ2n) is 7.74. The average Bonchev–Trinajstić information content (AvgIpc) is 3.32. The average molecular weight is 449 g/mol. The molecule has 162 valence electrons. The standard InChI is InChI=1S/C25H22ClFN4O/c26-22-17-19(27)11-12-21(22)23(25-29-28-24(32-25)18-7-3-1-4-8-18)31-15-13-30(14-16-31)20-9-5-2-6-10-20/h1-12,17,23H,13-16H2. The van der Waals surface area contributed by atoms with Gasteiger partial charge in [-0.15, -0.1) is 10.2 Å². The van der Waals surface area contributed by atoms with Crippen molar-refractivity contribution < 1.29 is 8.81 Å². The van der Waals surface area contributed by atoms with Crippen LogP contribution < -0.4 is 4.90 Å². The third-order valence-corrected chi connectivity index (χ3v) is 6.08. The van der Waals surface area contributed by atoms with E-state index in [1.165, 1.54) is 17.8 Å². The summed E-state index contributed by atoms with van der Waals surface area (Å²) in [4.78, 5) is 4.61. The minimum atomic E-state index is -0.373. The first-order valence-corrected chi connectivity index (χ1v) is 10.9. The Labute approximate surface area is 191 Å². The molecule has 1 fully saturated rings. The highest BCUT2D eigenvalue weighted by Gasteiger charge is 2.32. The molecule has 4 aromatic rings. The number of hydrogen-bond acceptors (Lipinski definition) is 5. The normalized spacial score (nSPS) is 15.6. The number of halogens is 2. The van der Waals surface area contributed by atoms with Crippen LogP contribution in [0.5, 0.6) is 0 Å². The minimum Gasteiger partial charge on any atom is -0.419 e. The Kier molecular flexibility index (Phi) is 5.88. The summed E-state index contributed by atoms with van der Waals surface area (Å²) in [6.07, 6.45) is 0. The summed E-state index contributed by atoms with van der Waals surface area (Å²) in [5.74, 6) is 0.527. The van der Waals surface area contributed by atoms with Crippen molar-refractivity contribution in [3.63, 3.8) is 0 Å². The van der Waals surface area contributed by atoms with Gasteiger partial charge in [0.1, 0.15) is 11.9 Å². The molecule has 1 atom stereocenters. The van der Waals surface area contributed by atoms with Gasteiger partial charge in [-0.25, -0.2) is 4.39 Å². The highest BCUT2D eigenvalue weighted by Crippen LogP contribution is 2.35. The van der Waals surface area contributed by atoms with Crippen LogP contribution >= 0.6 is 11.6 Å².